The largest absolute Gasteiger partial charge is 0.405 e. The summed E-state index contributed by atoms with van der Waals surface area (Å²) in [7, 11) is 0. The monoisotopic (exact) mass is 354 g/mol. The molecule has 1 fully saturated rings. The van der Waals surface area contributed by atoms with Gasteiger partial charge in [-0.15, -0.1) is 5.06 Å². The Hall–Kier alpha value is -1.91. The Labute approximate surface area is 155 Å². The van der Waals surface area contributed by atoms with Gasteiger partial charge in [-0.05, 0) is 53.6 Å². The Balaban J connectivity index is 1.52. The number of halogens is 1. The van der Waals surface area contributed by atoms with Crippen LogP contribution in [0.15, 0.2) is 36.4 Å². The van der Waals surface area contributed by atoms with E-state index in [1.54, 1.807) is 6.07 Å². The summed E-state index contributed by atoms with van der Waals surface area (Å²) >= 11 is 0. The van der Waals surface area contributed by atoms with Gasteiger partial charge in [-0.1, -0.05) is 32.9 Å². The van der Waals surface area contributed by atoms with Crippen molar-refractivity contribution in [2.75, 3.05) is 6.54 Å². The van der Waals surface area contributed by atoms with Gasteiger partial charge in [-0.2, -0.15) is 0 Å². The first-order chi connectivity index (χ1) is 12.4. The molecule has 0 unspecified atom stereocenters. The molecule has 3 nitrogen and oxygen atoms in total. The van der Waals surface area contributed by atoms with Crippen LogP contribution in [0.1, 0.15) is 44.7 Å². The van der Waals surface area contributed by atoms with E-state index < -0.39 is 0 Å². The Morgan fingerprint density at radius 3 is 2.58 bits per heavy atom. The van der Waals surface area contributed by atoms with Crippen LogP contribution in [-0.2, 0) is 13.1 Å². The first kappa shape index (κ1) is 17.5. The minimum absolute atomic E-state index is 0.136. The molecule has 4 heteroatoms. The van der Waals surface area contributed by atoms with Crippen LogP contribution in [0.3, 0.4) is 0 Å². The summed E-state index contributed by atoms with van der Waals surface area (Å²) in [6.07, 6.45) is 2.41. The van der Waals surface area contributed by atoms with Gasteiger partial charge in [0, 0.05) is 30.3 Å². The van der Waals surface area contributed by atoms with Crippen LogP contribution in [0.25, 0.3) is 11.1 Å². The fourth-order valence-corrected chi connectivity index (χ4v) is 3.38. The van der Waals surface area contributed by atoms with Crippen LogP contribution in [0.2, 0.25) is 0 Å². The molecule has 2 aliphatic rings. The molecule has 26 heavy (non-hydrogen) atoms. The van der Waals surface area contributed by atoms with Crippen LogP contribution in [0, 0.1) is 11.2 Å². The Bertz CT molecular complexity index is 808. The molecule has 1 heterocycles. The molecule has 2 aromatic rings. The van der Waals surface area contributed by atoms with Crippen molar-refractivity contribution in [3.8, 4) is 16.9 Å². The van der Waals surface area contributed by atoms with Gasteiger partial charge in [-0.3, -0.25) is 0 Å². The topological polar surface area (TPSA) is 24.5 Å². The predicted octanol–water partition coefficient (Wildman–Crippen LogP) is 4.90. The summed E-state index contributed by atoms with van der Waals surface area (Å²) in [5.41, 5.74) is 4.27. The maximum absolute atomic E-state index is 14.1. The smallest absolute Gasteiger partial charge is 0.152 e. The molecule has 4 rings (SSSR count). The molecule has 1 aliphatic carbocycles. The highest BCUT2D eigenvalue weighted by Crippen LogP contribution is 2.34. The van der Waals surface area contributed by atoms with Gasteiger partial charge in [0.25, 0.3) is 0 Å². The van der Waals surface area contributed by atoms with Crippen molar-refractivity contribution < 1.29 is 9.23 Å². The fraction of sp³-hybridized carbons (Fsp3) is 0.455. The van der Waals surface area contributed by atoms with Crippen molar-refractivity contribution in [2.45, 2.75) is 52.7 Å². The number of hydrogen-bond acceptors (Lipinski definition) is 3. The third kappa shape index (κ3) is 4.08. The van der Waals surface area contributed by atoms with Crippen molar-refractivity contribution in [3.63, 3.8) is 0 Å². The molecule has 138 valence electrons. The molecule has 0 spiro atoms. The van der Waals surface area contributed by atoms with E-state index in [0.717, 1.165) is 35.5 Å². The van der Waals surface area contributed by atoms with E-state index in [2.05, 4.69) is 38.2 Å². The number of benzene rings is 2. The third-order valence-electron chi connectivity index (χ3n) is 4.82. The number of nitrogens with zero attached hydrogens (tertiary/aromatic N) is 1. The van der Waals surface area contributed by atoms with Gasteiger partial charge < -0.3 is 10.2 Å². The number of hydroxylamine groups is 2. The zero-order valence-electron chi connectivity index (χ0n) is 15.8. The van der Waals surface area contributed by atoms with Gasteiger partial charge in [0.1, 0.15) is 5.82 Å². The lowest BCUT2D eigenvalue weighted by Crippen LogP contribution is -2.31. The molecule has 1 N–H and O–H groups in total. The zero-order valence-corrected chi connectivity index (χ0v) is 15.8. The molecular formula is C22H27FN2O. The van der Waals surface area contributed by atoms with E-state index in [0.29, 0.717) is 12.6 Å². The summed E-state index contributed by atoms with van der Waals surface area (Å²) in [6.45, 7) is 8.89. The summed E-state index contributed by atoms with van der Waals surface area (Å²) < 4.78 is 14.1. The Morgan fingerprint density at radius 2 is 1.85 bits per heavy atom. The minimum atomic E-state index is -0.136. The normalized spacial score (nSPS) is 17.2. The summed E-state index contributed by atoms with van der Waals surface area (Å²) in [6, 6.07) is 12.2. The minimum Gasteiger partial charge on any atom is -0.405 e. The van der Waals surface area contributed by atoms with Crippen LogP contribution < -0.4 is 10.2 Å². The van der Waals surface area contributed by atoms with Gasteiger partial charge in [0.15, 0.2) is 5.75 Å². The van der Waals surface area contributed by atoms with Gasteiger partial charge in [0.05, 0.1) is 6.54 Å². The molecule has 2 aromatic carbocycles. The van der Waals surface area contributed by atoms with Crippen molar-refractivity contribution in [3.05, 3.63) is 53.3 Å². The average Bonchev–Trinajstić information content (AvgIpc) is 3.31. The fourth-order valence-electron chi connectivity index (χ4n) is 3.38. The molecule has 0 amide bonds. The molecule has 0 atom stereocenters. The second-order valence-corrected chi connectivity index (χ2v) is 8.73. The predicted molar refractivity (Wildman–Crippen MR) is 102 cm³/mol. The zero-order chi connectivity index (χ0) is 18.3. The van der Waals surface area contributed by atoms with Crippen molar-refractivity contribution >= 4 is 0 Å². The molecule has 0 radical (unpaired) electrons. The van der Waals surface area contributed by atoms with Crippen molar-refractivity contribution in [1.29, 1.82) is 0 Å². The number of fused-ring (bicyclic) bond motifs is 1. The second-order valence-electron chi connectivity index (χ2n) is 8.73. The van der Waals surface area contributed by atoms with Crippen LogP contribution in [0.5, 0.6) is 5.75 Å². The van der Waals surface area contributed by atoms with Crippen LogP contribution >= 0.6 is 0 Å². The molecule has 1 aliphatic heterocycles. The highest BCUT2D eigenvalue weighted by molar-refractivity contribution is 5.66. The van der Waals surface area contributed by atoms with E-state index in [4.69, 9.17) is 4.84 Å². The summed E-state index contributed by atoms with van der Waals surface area (Å²) in [5, 5.41) is 5.41. The molecule has 0 bridgehead atoms. The lowest BCUT2D eigenvalue weighted by molar-refractivity contribution is -0.0657. The highest BCUT2D eigenvalue weighted by Gasteiger charge is 2.26. The van der Waals surface area contributed by atoms with Gasteiger partial charge in [0.2, 0.25) is 0 Å². The molecule has 1 saturated carbocycles. The van der Waals surface area contributed by atoms with E-state index >= 15 is 0 Å². The van der Waals surface area contributed by atoms with E-state index in [1.807, 2.05) is 23.3 Å². The molecule has 0 aromatic heterocycles. The first-order valence-electron chi connectivity index (χ1n) is 9.45. The quantitative estimate of drug-likeness (QED) is 0.826. The number of rotatable bonds is 5. The first-order valence-corrected chi connectivity index (χ1v) is 9.45. The van der Waals surface area contributed by atoms with Crippen molar-refractivity contribution in [1.82, 2.24) is 10.4 Å². The maximum atomic E-state index is 14.1. The molecular weight excluding hydrogens is 327 g/mol. The summed E-state index contributed by atoms with van der Waals surface area (Å²) in [5.74, 6) is 0.790. The Morgan fingerprint density at radius 1 is 1.12 bits per heavy atom. The maximum Gasteiger partial charge on any atom is 0.152 e. The van der Waals surface area contributed by atoms with Crippen LogP contribution in [0.4, 0.5) is 4.39 Å². The standard InChI is InChI=1S/C22H27FN2O/c1-22(2,3)14-25-13-18-11-16(5-9-21(18)26-25)15-4-8-20(23)17(10-15)12-24-19-6-7-19/h4-5,8-11,19,24H,6-7,12-14H2,1-3H3. The van der Waals surface area contributed by atoms with Gasteiger partial charge >= 0.3 is 0 Å². The van der Waals surface area contributed by atoms with E-state index in [1.165, 1.54) is 18.4 Å². The second kappa shape index (κ2) is 6.67. The lowest BCUT2D eigenvalue weighted by atomic mass is 9.96. The Kier molecular flexibility index (Phi) is 4.49. The third-order valence-corrected chi connectivity index (χ3v) is 4.82. The SMILES string of the molecule is CC(C)(C)CN1Cc2cc(-c3ccc(F)c(CNC4CC4)c3)ccc2O1. The molecule has 0 saturated heterocycles. The van der Waals surface area contributed by atoms with Gasteiger partial charge in [-0.25, -0.2) is 4.39 Å². The summed E-state index contributed by atoms with van der Waals surface area (Å²) in [4.78, 5) is 5.95. The van der Waals surface area contributed by atoms with Crippen LogP contribution in [-0.4, -0.2) is 17.6 Å². The average molecular weight is 354 g/mol. The number of nitrogens with one attached hydrogen (secondary N) is 1. The highest BCUT2D eigenvalue weighted by atomic mass is 19.1. The van der Waals surface area contributed by atoms with E-state index in [-0.39, 0.29) is 11.2 Å². The lowest BCUT2D eigenvalue weighted by Gasteiger charge is -2.24. The number of hydrogen-bond donors (Lipinski definition) is 1. The van der Waals surface area contributed by atoms with E-state index in [9.17, 15) is 4.39 Å². The van der Waals surface area contributed by atoms with Crippen molar-refractivity contribution in [2.24, 2.45) is 5.41 Å².